The van der Waals surface area contributed by atoms with Gasteiger partial charge < -0.3 is 4.98 Å². The van der Waals surface area contributed by atoms with Gasteiger partial charge in [-0.25, -0.2) is 4.98 Å². The number of fused-ring (bicyclic) bond motifs is 1. The third kappa shape index (κ3) is 2.56. The van der Waals surface area contributed by atoms with Crippen LogP contribution in [0, 0.1) is 3.57 Å². The number of nitrogens with zero attached hydrogens (tertiary/aromatic N) is 1. The van der Waals surface area contributed by atoms with Gasteiger partial charge in [0.2, 0.25) is 0 Å². The summed E-state index contributed by atoms with van der Waals surface area (Å²) in [5, 5.41) is 0. The quantitative estimate of drug-likeness (QED) is 0.714. The van der Waals surface area contributed by atoms with E-state index in [2.05, 4.69) is 75.0 Å². The average molecular weight is 348 g/mol. The van der Waals surface area contributed by atoms with Gasteiger partial charge in [-0.3, -0.25) is 0 Å². The Kier molecular flexibility index (Phi) is 3.32. The zero-order valence-corrected chi connectivity index (χ0v) is 12.0. The topological polar surface area (TPSA) is 28.7 Å². The molecule has 2 aromatic carbocycles. The fraction of sp³-hybridized carbons (Fsp3) is 0.133. The van der Waals surface area contributed by atoms with Crippen molar-refractivity contribution in [2.24, 2.45) is 0 Å². The zero-order chi connectivity index (χ0) is 12.4. The first kappa shape index (κ1) is 11.7. The second-order valence-corrected chi connectivity index (χ2v) is 5.58. The van der Waals surface area contributed by atoms with Crippen LogP contribution in [0.25, 0.3) is 11.0 Å². The summed E-state index contributed by atoms with van der Waals surface area (Å²) in [5.74, 6) is 1.07. The molecule has 0 aliphatic rings. The Hall–Kier alpha value is -1.36. The Morgan fingerprint density at radius 2 is 1.83 bits per heavy atom. The van der Waals surface area contributed by atoms with Crippen LogP contribution in [0.5, 0.6) is 0 Å². The highest BCUT2D eigenvalue weighted by Crippen LogP contribution is 2.16. The summed E-state index contributed by atoms with van der Waals surface area (Å²) >= 11 is 2.32. The minimum atomic E-state index is 0.954. The molecule has 0 fully saturated rings. The smallest absolute Gasteiger partial charge is 0.107 e. The lowest BCUT2D eigenvalue weighted by atomic mass is 10.1. The highest BCUT2D eigenvalue weighted by molar-refractivity contribution is 14.1. The molecule has 0 aliphatic carbocycles. The number of rotatable bonds is 3. The summed E-state index contributed by atoms with van der Waals surface area (Å²) in [6.07, 6.45) is 1.98. The van der Waals surface area contributed by atoms with Crippen molar-refractivity contribution in [1.29, 1.82) is 0 Å². The lowest BCUT2D eigenvalue weighted by Gasteiger charge is -1.97. The van der Waals surface area contributed by atoms with Crippen molar-refractivity contribution in [1.82, 2.24) is 9.97 Å². The number of benzene rings is 2. The van der Waals surface area contributed by atoms with E-state index in [1.807, 2.05) is 6.07 Å². The zero-order valence-electron chi connectivity index (χ0n) is 9.86. The van der Waals surface area contributed by atoms with Gasteiger partial charge in [-0.05, 0) is 52.8 Å². The molecule has 0 saturated heterocycles. The van der Waals surface area contributed by atoms with Gasteiger partial charge >= 0.3 is 0 Å². The fourth-order valence-corrected chi connectivity index (χ4v) is 2.55. The fourth-order valence-electron chi connectivity index (χ4n) is 2.06. The van der Waals surface area contributed by atoms with Crippen LogP contribution < -0.4 is 0 Å². The van der Waals surface area contributed by atoms with Crippen molar-refractivity contribution in [2.75, 3.05) is 0 Å². The third-order valence-corrected chi connectivity index (χ3v) is 3.66. The second kappa shape index (κ2) is 5.10. The summed E-state index contributed by atoms with van der Waals surface area (Å²) in [5.41, 5.74) is 3.54. The average Bonchev–Trinajstić information content (AvgIpc) is 2.79. The van der Waals surface area contributed by atoms with Gasteiger partial charge in [-0.15, -0.1) is 0 Å². The van der Waals surface area contributed by atoms with Crippen LogP contribution in [0.3, 0.4) is 0 Å². The van der Waals surface area contributed by atoms with E-state index in [4.69, 9.17) is 0 Å². The van der Waals surface area contributed by atoms with Crippen molar-refractivity contribution in [3.8, 4) is 0 Å². The van der Waals surface area contributed by atoms with E-state index in [0.717, 1.165) is 29.7 Å². The van der Waals surface area contributed by atoms with Crippen LogP contribution in [0.2, 0.25) is 0 Å². The number of aryl methyl sites for hydroxylation is 2. The van der Waals surface area contributed by atoms with E-state index in [1.165, 1.54) is 9.13 Å². The third-order valence-electron chi connectivity index (χ3n) is 2.99. The maximum Gasteiger partial charge on any atom is 0.107 e. The van der Waals surface area contributed by atoms with Crippen molar-refractivity contribution in [3.63, 3.8) is 0 Å². The molecule has 0 aliphatic heterocycles. The van der Waals surface area contributed by atoms with E-state index in [-0.39, 0.29) is 0 Å². The number of imidazole rings is 1. The van der Waals surface area contributed by atoms with Crippen molar-refractivity contribution >= 4 is 33.6 Å². The molecular formula is C15H13IN2. The SMILES string of the molecule is Ic1ccc2nc(CCc3ccccc3)[nH]c2c1. The summed E-state index contributed by atoms with van der Waals surface area (Å²) < 4.78 is 1.23. The first-order chi connectivity index (χ1) is 8.81. The van der Waals surface area contributed by atoms with Crippen molar-refractivity contribution in [2.45, 2.75) is 12.8 Å². The lowest BCUT2D eigenvalue weighted by Crippen LogP contribution is -1.92. The second-order valence-electron chi connectivity index (χ2n) is 4.33. The van der Waals surface area contributed by atoms with Crippen LogP contribution in [-0.4, -0.2) is 9.97 Å². The highest BCUT2D eigenvalue weighted by atomic mass is 127. The van der Waals surface area contributed by atoms with Crippen LogP contribution in [0.15, 0.2) is 48.5 Å². The largest absolute Gasteiger partial charge is 0.342 e. The first-order valence-corrected chi connectivity index (χ1v) is 7.07. The molecule has 1 heterocycles. The molecule has 0 amide bonds. The molecule has 0 bridgehead atoms. The van der Waals surface area contributed by atoms with E-state index in [9.17, 15) is 0 Å². The number of halogens is 1. The number of hydrogen-bond donors (Lipinski definition) is 1. The number of hydrogen-bond acceptors (Lipinski definition) is 1. The van der Waals surface area contributed by atoms with Gasteiger partial charge in [-0.1, -0.05) is 30.3 Å². The standard InChI is InChI=1S/C15H13IN2/c16-12-7-8-13-14(10-12)18-15(17-13)9-6-11-4-2-1-3-5-11/h1-5,7-8,10H,6,9H2,(H,17,18). The highest BCUT2D eigenvalue weighted by Gasteiger charge is 2.03. The van der Waals surface area contributed by atoms with Crippen molar-refractivity contribution < 1.29 is 0 Å². The van der Waals surface area contributed by atoms with E-state index in [1.54, 1.807) is 0 Å². The predicted octanol–water partition coefficient (Wildman–Crippen LogP) is 3.95. The van der Waals surface area contributed by atoms with Crippen LogP contribution in [-0.2, 0) is 12.8 Å². The first-order valence-electron chi connectivity index (χ1n) is 5.99. The molecular weight excluding hydrogens is 335 g/mol. The van der Waals surface area contributed by atoms with Gasteiger partial charge in [0.05, 0.1) is 11.0 Å². The molecule has 0 unspecified atom stereocenters. The molecule has 0 radical (unpaired) electrons. The van der Waals surface area contributed by atoms with E-state index < -0.39 is 0 Å². The van der Waals surface area contributed by atoms with Gasteiger partial charge in [-0.2, -0.15) is 0 Å². The number of aromatic amines is 1. The normalized spacial score (nSPS) is 10.9. The predicted molar refractivity (Wildman–Crippen MR) is 82.7 cm³/mol. The van der Waals surface area contributed by atoms with Crippen LogP contribution in [0.1, 0.15) is 11.4 Å². The molecule has 2 nitrogen and oxygen atoms in total. The Morgan fingerprint density at radius 1 is 1.00 bits per heavy atom. The van der Waals surface area contributed by atoms with Gasteiger partial charge in [0, 0.05) is 9.99 Å². The van der Waals surface area contributed by atoms with Gasteiger partial charge in [0.1, 0.15) is 5.82 Å². The van der Waals surface area contributed by atoms with Gasteiger partial charge in [0.25, 0.3) is 0 Å². The monoisotopic (exact) mass is 348 g/mol. The number of H-pyrrole nitrogens is 1. The summed E-state index contributed by atoms with van der Waals surface area (Å²) in [4.78, 5) is 8.00. The molecule has 3 heteroatoms. The summed E-state index contributed by atoms with van der Waals surface area (Å²) in [6, 6.07) is 16.8. The van der Waals surface area contributed by atoms with Crippen molar-refractivity contribution in [3.05, 3.63) is 63.5 Å². The number of nitrogens with one attached hydrogen (secondary N) is 1. The minimum Gasteiger partial charge on any atom is -0.342 e. The molecule has 0 saturated carbocycles. The number of aromatic nitrogens is 2. The molecule has 1 aromatic heterocycles. The summed E-state index contributed by atoms with van der Waals surface area (Å²) in [6.45, 7) is 0. The molecule has 18 heavy (non-hydrogen) atoms. The maximum atomic E-state index is 4.61. The maximum absolute atomic E-state index is 4.61. The molecule has 0 spiro atoms. The molecule has 0 atom stereocenters. The molecule has 90 valence electrons. The molecule has 3 aromatic rings. The molecule has 3 rings (SSSR count). The van der Waals surface area contributed by atoms with Gasteiger partial charge in [0.15, 0.2) is 0 Å². The Bertz CT molecular complexity index is 659. The Morgan fingerprint density at radius 3 is 2.67 bits per heavy atom. The lowest BCUT2D eigenvalue weighted by molar-refractivity contribution is 0.890. The Labute approximate surface area is 120 Å². The van der Waals surface area contributed by atoms with E-state index in [0.29, 0.717) is 0 Å². The Balaban J connectivity index is 1.79. The van der Waals surface area contributed by atoms with Crippen LogP contribution in [0.4, 0.5) is 0 Å². The van der Waals surface area contributed by atoms with E-state index >= 15 is 0 Å². The summed E-state index contributed by atoms with van der Waals surface area (Å²) in [7, 11) is 0. The van der Waals surface area contributed by atoms with Crippen LogP contribution >= 0.6 is 22.6 Å². The minimum absolute atomic E-state index is 0.954. The molecule has 1 N–H and O–H groups in total.